The van der Waals surface area contributed by atoms with E-state index in [-0.39, 0.29) is 35.5 Å². The molecular formula is C30H36FN7OS. The van der Waals surface area contributed by atoms with Gasteiger partial charge in [0.15, 0.2) is 0 Å². The number of hydrogen-bond donors (Lipinski definition) is 3. The Bertz CT molecular complexity index is 1430. The van der Waals surface area contributed by atoms with Gasteiger partial charge in [0.1, 0.15) is 16.5 Å². The van der Waals surface area contributed by atoms with Crippen molar-refractivity contribution in [3.8, 4) is 0 Å². The summed E-state index contributed by atoms with van der Waals surface area (Å²) in [4.78, 5) is 27.3. The lowest BCUT2D eigenvalue weighted by atomic mass is 9.88. The first kappa shape index (κ1) is 25.7. The molecule has 3 heterocycles. The largest absolute Gasteiger partial charge is 0.369 e. The molecule has 3 aliphatic carbocycles. The van der Waals surface area contributed by atoms with Gasteiger partial charge in [-0.15, -0.1) is 11.3 Å². The Kier molecular flexibility index (Phi) is 6.83. The number of primary amides is 1. The van der Waals surface area contributed by atoms with E-state index in [0.29, 0.717) is 29.2 Å². The highest BCUT2D eigenvalue weighted by Gasteiger charge is 2.47. The van der Waals surface area contributed by atoms with Crippen molar-refractivity contribution >= 4 is 50.6 Å². The van der Waals surface area contributed by atoms with Gasteiger partial charge in [0, 0.05) is 44.0 Å². The van der Waals surface area contributed by atoms with Crippen molar-refractivity contribution < 1.29 is 9.18 Å². The maximum atomic E-state index is 15.4. The third kappa shape index (κ3) is 4.81. The van der Waals surface area contributed by atoms with Crippen LogP contribution in [-0.4, -0.2) is 59.0 Å². The summed E-state index contributed by atoms with van der Waals surface area (Å²) >= 11 is 1.52. The average Bonchev–Trinajstić information content (AvgIpc) is 3.71. The van der Waals surface area contributed by atoms with Crippen LogP contribution >= 0.6 is 11.3 Å². The lowest BCUT2D eigenvalue weighted by molar-refractivity contribution is -0.122. The number of allylic oxidation sites excluding steroid dienone is 1. The van der Waals surface area contributed by atoms with Crippen LogP contribution in [0.1, 0.15) is 38.5 Å². The van der Waals surface area contributed by atoms with Gasteiger partial charge in [-0.2, -0.15) is 4.98 Å². The first-order valence-electron chi connectivity index (χ1n) is 14.6. The van der Waals surface area contributed by atoms with E-state index in [0.717, 1.165) is 42.8 Å². The number of aromatic nitrogens is 2. The smallest absolute Gasteiger partial charge is 0.230 e. The molecule has 4 aliphatic rings. The van der Waals surface area contributed by atoms with Crippen molar-refractivity contribution in [2.24, 2.45) is 23.5 Å². The zero-order valence-corrected chi connectivity index (χ0v) is 23.4. The van der Waals surface area contributed by atoms with E-state index in [1.165, 1.54) is 49.5 Å². The van der Waals surface area contributed by atoms with Crippen molar-refractivity contribution in [1.82, 2.24) is 14.9 Å². The molecule has 1 amide bonds. The Labute approximate surface area is 237 Å². The van der Waals surface area contributed by atoms with Crippen LogP contribution in [0.5, 0.6) is 0 Å². The molecule has 2 bridgehead atoms. The molecule has 210 valence electrons. The molecule has 0 spiro atoms. The summed E-state index contributed by atoms with van der Waals surface area (Å²) in [6.07, 6.45) is 11.8. The Hall–Kier alpha value is -3.24. The molecule has 3 aromatic rings. The molecule has 7 rings (SSSR count). The highest BCUT2D eigenvalue weighted by Crippen LogP contribution is 2.45. The van der Waals surface area contributed by atoms with E-state index in [1.807, 2.05) is 23.6 Å². The standard InChI is InChI=1S/C30H36FN7OS/c31-23-17-20(8-9-24(23)38-13-11-37(12-14-38)21-4-2-1-3-5-21)33-30-35-28(22-10-15-40-29(22)36-30)34-26-19-7-6-18(16-19)25(26)27(32)39/h6-10,15,17-19,21,25-26H,1-5,11-14,16H2,(H2,32,39)(H2,33,34,35,36). The van der Waals surface area contributed by atoms with Crippen molar-refractivity contribution in [2.45, 2.75) is 50.6 Å². The fourth-order valence-electron chi connectivity index (χ4n) is 7.33. The minimum atomic E-state index is -0.283. The van der Waals surface area contributed by atoms with E-state index < -0.39 is 0 Å². The van der Waals surface area contributed by atoms with Gasteiger partial charge in [0.25, 0.3) is 0 Å². The Morgan fingerprint density at radius 2 is 1.82 bits per heavy atom. The van der Waals surface area contributed by atoms with Gasteiger partial charge in [-0.3, -0.25) is 9.69 Å². The van der Waals surface area contributed by atoms with Gasteiger partial charge in [0.2, 0.25) is 11.9 Å². The van der Waals surface area contributed by atoms with E-state index in [9.17, 15) is 4.79 Å². The van der Waals surface area contributed by atoms with Crippen molar-refractivity contribution in [1.29, 1.82) is 0 Å². The molecule has 10 heteroatoms. The number of nitrogens with zero attached hydrogens (tertiary/aromatic N) is 4. The second-order valence-electron chi connectivity index (χ2n) is 11.7. The molecule has 40 heavy (non-hydrogen) atoms. The van der Waals surface area contributed by atoms with Crippen LogP contribution in [0.15, 0.2) is 41.8 Å². The SMILES string of the molecule is NC(=O)C1C2C=CC(C2)C1Nc1nc(Nc2ccc(N3CCN(C4CCCCC4)CC3)c(F)c2)nc2sccc12. The number of halogens is 1. The number of nitrogens with one attached hydrogen (secondary N) is 2. The van der Waals surface area contributed by atoms with E-state index in [1.54, 1.807) is 0 Å². The van der Waals surface area contributed by atoms with Crippen LogP contribution in [-0.2, 0) is 4.79 Å². The predicted molar refractivity (Wildman–Crippen MR) is 159 cm³/mol. The number of thiophene rings is 1. The summed E-state index contributed by atoms with van der Waals surface area (Å²) in [7, 11) is 0. The molecule has 0 radical (unpaired) electrons. The number of fused-ring (bicyclic) bond motifs is 3. The number of amides is 1. The summed E-state index contributed by atoms with van der Waals surface area (Å²) < 4.78 is 15.4. The Morgan fingerprint density at radius 3 is 2.60 bits per heavy atom. The average molecular weight is 562 g/mol. The second kappa shape index (κ2) is 10.6. The van der Waals surface area contributed by atoms with Crippen molar-refractivity contribution in [3.63, 3.8) is 0 Å². The summed E-state index contributed by atoms with van der Waals surface area (Å²) in [5, 5.41) is 9.62. The minimum absolute atomic E-state index is 0.103. The molecular weight excluding hydrogens is 525 g/mol. The van der Waals surface area contributed by atoms with Crippen LogP contribution in [0, 0.1) is 23.6 Å². The monoisotopic (exact) mass is 561 g/mol. The fourth-order valence-corrected chi connectivity index (χ4v) is 8.09. The van der Waals surface area contributed by atoms with Gasteiger partial charge < -0.3 is 21.3 Å². The number of anilines is 4. The third-order valence-corrected chi connectivity index (χ3v) is 10.2. The van der Waals surface area contributed by atoms with Gasteiger partial charge in [0.05, 0.1) is 17.0 Å². The number of piperazine rings is 1. The van der Waals surface area contributed by atoms with Crippen LogP contribution < -0.4 is 21.3 Å². The normalized spacial score (nSPS) is 27.0. The summed E-state index contributed by atoms with van der Waals surface area (Å²) in [5.74, 6) is 0.682. The molecule has 1 aromatic carbocycles. The summed E-state index contributed by atoms with van der Waals surface area (Å²) in [6.45, 7) is 3.67. The molecule has 3 fully saturated rings. The number of benzene rings is 1. The molecule has 4 unspecified atom stereocenters. The van der Waals surface area contributed by atoms with Gasteiger partial charge in [-0.25, -0.2) is 9.37 Å². The molecule has 4 N–H and O–H groups in total. The van der Waals surface area contributed by atoms with E-state index >= 15 is 4.39 Å². The maximum Gasteiger partial charge on any atom is 0.230 e. The summed E-state index contributed by atoms with van der Waals surface area (Å²) in [6, 6.07) is 7.86. The minimum Gasteiger partial charge on any atom is -0.369 e. The predicted octanol–water partition coefficient (Wildman–Crippen LogP) is 5.12. The lowest BCUT2D eigenvalue weighted by Gasteiger charge is -2.41. The van der Waals surface area contributed by atoms with Crippen LogP contribution in [0.25, 0.3) is 10.2 Å². The number of carbonyl (C=O) groups is 1. The first-order valence-corrected chi connectivity index (χ1v) is 15.5. The lowest BCUT2D eigenvalue weighted by Crippen LogP contribution is -2.51. The molecule has 8 nitrogen and oxygen atoms in total. The van der Waals surface area contributed by atoms with Gasteiger partial charge >= 0.3 is 0 Å². The molecule has 2 saturated carbocycles. The van der Waals surface area contributed by atoms with Crippen LogP contribution in [0.4, 0.5) is 27.5 Å². The molecule has 2 aromatic heterocycles. The molecule has 4 atom stereocenters. The summed E-state index contributed by atoms with van der Waals surface area (Å²) in [5.41, 5.74) is 7.02. The highest BCUT2D eigenvalue weighted by molar-refractivity contribution is 7.16. The number of nitrogens with two attached hydrogens (primary N) is 1. The number of rotatable bonds is 7. The Balaban J connectivity index is 1.06. The zero-order valence-electron chi connectivity index (χ0n) is 22.6. The van der Waals surface area contributed by atoms with E-state index in [2.05, 4.69) is 37.6 Å². The van der Waals surface area contributed by atoms with Crippen LogP contribution in [0.2, 0.25) is 0 Å². The Morgan fingerprint density at radius 1 is 1.02 bits per heavy atom. The van der Waals surface area contributed by atoms with Crippen molar-refractivity contribution in [2.75, 3.05) is 41.7 Å². The quantitative estimate of drug-likeness (QED) is 0.345. The van der Waals surface area contributed by atoms with Crippen LogP contribution in [0.3, 0.4) is 0 Å². The first-order chi connectivity index (χ1) is 19.5. The topological polar surface area (TPSA) is 99.4 Å². The fraction of sp³-hybridized carbons (Fsp3) is 0.500. The third-order valence-electron chi connectivity index (χ3n) is 9.37. The van der Waals surface area contributed by atoms with E-state index in [4.69, 9.17) is 10.7 Å². The number of carbonyl (C=O) groups excluding carboxylic acids is 1. The number of hydrogen-bond acceptors (Lipinski definition) is 8. The van der Waals surface area contributed by atoms with Crippen molar-refractivity contribution in [3.05, 3.63) is 47.6 Å². The highest BCUT2D eigenvalue weighted by atomic mass is 32.1. The second-order valence-corrected chi connectivity index (χ2v) is 12.6. The maximum absolute atomic E-state index is 15.4. The van der Waals surface area contributed by atoms with Gasteiger partial charge in [-0.05, 0) is 60.7 Å². The van der Waals surface area contributed by atoms with Gasteiger partial charge in [-0.1, -0.05) is 31.4 Å². The zero-order chi connectivity index (χ0) is 27.2. The molecule has 1 saturated heterocycles. The molecule has 1 aliphatic heterocycles.